The van der Waals surface area contributed by atoms with Gasteiger partial charge in [0.1, 0.15) is 0 Å². The van der Waals surface area contributed by atoms with Crippen LogP contribution in [0.3, 0.4) is 0 Å². The van der Waals surface area contributed by atoms with Crippen LogP contribution in [0.2, 0.25) is 0 Å². The zero-order chi connectivity index (χ0) is 10.1. The lowest BCUT2D eigenvalue weighted by atomic mass is 10.3. The molecule has 1 saturated heterocycles. The number of hydrogen-bond acceptors (Lipinski definition) is 3. The number of nitrogens with zero attached hydrogens (tertiary/aromatic N) is 2. The fourth-order valence-corrected chi connectivity index (χ4v) is 1.41. The Hall–Kier alpha value is -0.610. The van der Waals surface area contributed by atoms with E-state index in [0.717, 1.165) is 32.6 Å². The van der Waals surface area contributed by atoms with E-state index in [-0.39, 0.29) is 0 Å². The van der Waals surface area contributed by atoms with Gasteiger partial charge < -0.3 is 10.6 Å². The molecule has 1 heterocycles. The Kier molecular flexibility index (Phi) is 7.63. The molecule has 0 atom stereocenters. The van der Waals surface area contributed by atoms with Gasteiger partial charge in [0.2, 0.25) is 6.41 Å². The molecule has 0 aromatic heterocycles. The van der Waals surface area contributed by atoms with E-state index in [9.17, 15) is 4.79 Å². The molecule has 0 aromatic rings. The summed E-state index contributed by atoms with van der Waals surface area (Å²) in [5.41, 5.74) is 4.50. The van der Waals surface area contributed by atoms with Crippen molar-refractivity contribution < 1.29 is 4.79 Å². The lowest BCUT2D eigenvalue weighted by molar-refractivity contribution is -0.119. The summed E-state index contributed by atoms with van der Waals surface area (Å²) in [7, 11) is 1.50. The summed E-state index contributed by atoms with van der Waals surface area (Å²) < 4.78 is 0. The number of carbonyl (C=O) groups excluding carboxylic acids is 1. The zero-order valence-corrected chi connectivity index (χ0v) is 8.70. The fourth-order valence-electron chi connectivity index (χ4n) is 1.41. The molecule has 1 aliphatic heterocycles. The highest BCUT2D eigenvalue weighted by Gasteiger charge is 2.13. The molecule has 78 valence electrons. The minimum absolute atomic E-state index is 0.906. The smallest absolute Gasteiger partial charge is 0.209 e. The normalized spacial score (nSPS) is 17.6. The molecule has 0 radical (unpaired) electrons. The van der Waals surface area contributed by atoms with Gasteiger partial charge in [0, 0.05) is 26.2 Å². The van der Waals surface area contributed by atoms with E-state index >= 15 is 0 Å². The van der Waals surface area contributed by atoms with Gasteiger partial charge in [-0.15, -0.1) is 0 Å². The summed E-state index contributed by atoms with van der Waals surface area (Å²) in [5.74, 6) is 0. The maximum atomic E-state index is 10.3. The quantitative estimate of drug-likeness (QED) is 0.620. The van der Waals surface area contributed by atoms with E-state index < -0.39 is 0 Å². The third-order valence-corrected chi connectivity index (χ3v) is 2.10. The number of amides is 1. The van der Waals surface area contributed by atoms with Crippen LogP contribution >= 0.6 is 0 Å². The molecule has 0 saturated carbocycles. The van der Waals surface area contributed by atoms with Gasteiger partial charge in [0.05, 0.1) is 0 Å². The average Bonchev–Trinajstić information content (AvgIpc) is 2.23. The van der Waals surface area contributed by atoms with Crippen LogP contribution in [0.4, 0.5) is 0 Å². The molecule has 0 aromatic carbocycles. The Bertz CT molecular complexity index is 122. The Balaban J connectivity index is 0.000000671. The molecule has 2 N–H and O–H groups in total. The van der Waals surface area contributed by atoms with Gasteiger partial charge in [-0.05, 0) is 20.0 Å². The van der Waals surface area contributed by atoms with Crippen molar-refractivity contribution in [2.75, 3.05) is 39.8 Å². The molecule has 1 aliphatic rings. The maximum absolute atomic E-state index is 10.3. The van der Waals surface area contributed by atoms with Gasteiger partial charge in [-0.3, -0.25) is 9.69 Å². The van der Waals surface area contributed by atoms with Gasteiger partial charge in [-0.1, -0.05) is 6.92 Å². The fraction of sp³-hybridized carbons (Fsp3) is 0.889. The van der Waals surface area contributed by atoms with Crippen LogP contribution in [-0.2, 0) is 4.79 Å². The Morgan fingerprint density at radius 2 is 1.77 bits per heavy atom. The van der Waals surface area contributed by atoms with Crippen LogP contribution in [0.5, 0.6) is 0 Å². The van der Waals surface area contributed by atoms with Crippen molar-refractivity contribution in [1.29, 1.82) is 0 Å². The number of hydrogen-bond donors (Lipinski definition) is 1. The molecule has 13 heavy (non-hydrogen) atoms. The third-order valence-electron chi connectivity index (χ3n) is 2.10. The predicted molar refractivity (Wildman–Crippen MR) is 54.5 cm³/mol. The average molecular weight is 187 g/mol. The molecule has 0 aliphatic carbocycles. The number of piperazine rings is 1. The van der Waals surface area contributed by atoms with E-state index in [0.29, 0.717) is 0 Å². The summed E-state index contributed by atoms with van der Waals surface area (Å²) in [5, 5.41) is 0. The van der Waals surface area contributed by atoms with Crippen molar-refractivity contribution in [3.8, 4) is 0 Å². The summed E-state index contributed by atoms with van der Waals surface area (Å²) in [4.78, 5) is 14.6. The van der Waals surface area contributed by atoms with Crippen molar-refractivity contribution in [2.45, 2.75) is 13.3 Å². The second-order valence-electron chi connectivity index (χ2n) is 2.98. The van der Waals surface area contributed by atoms with Crippen molar-refractivity contribution >= 4 is 6.41 Å². The third kappa shape index (κ3) is 4.85. The molecule has 0 spiro atoms. The van der Waals surface area contributed by atoms with Crippen LogP contribution in [0.15, 0.2) is 0 Å². The van der Waals surface area contributed by atoms with Gasteiger partial charge in [0.15, 0.2) is 0 Å². The summed E-state index contributed by atoms with van der Waals surface area (Å²) >= 11 is 0. The standard InChI is InChI=1S/C8H16N2O.CH5N/c1-2-3-9-4-6-10(8-11)7-5-9;1-2/h8H,2-7H2,1H3;2H2,1H3. The molecule has 0 unspecified atom stereocenters. The maximum Gasteiger partial charge on any atom is 0.209 e. The molecule has 1 amide bonds. The summed E-state index contributed by atoms with van der Waals surface area (Å²) in [6.07, 6.45) is 2.16. The molecule has 0 bridgehead atoms. The van der Waals surface area contributed by atoms with Gasteiger partial charge in [-0.25, -0.2) is 0 Å². The van der Waals surface area contributed by atoms with E-state index in [1.165, 1.54) is 20.0 Å². The van der Waals surface area contributed by atoms with E-state index in [2.05, 4.69) is 17.6 Å². The first-order chi connectivity index (χ1) is 6.36. The summed E-state index contributed by atoms with van der Waals surface area (Å²) in [6.45, 7) is 7.27. The highest BCUT2D eigenvalue weighted by Crippen LogP contribution is 1.99. The molecular formula is C9H21N3O. The van der Waals surface area contributed by atoms with Crippen molar-refractivity contribution in [1.82, 2.24) is 9.80 Å². The lowest BCUT2D eigenvalue weighted by Gasteiger charge is -2.32. The van der Waals surface area contributed by atoms with Crippen LogP contribution in [0, 0.1) is 0 Å². The molecule has 4 nitrogen and oxygen atoms in total. The monoisotopic (exact) mass is 187 g/mol. The van der Waals surface area contributed by atoms with E-state index in [1.807, 2.05) is 4.90 Å². The van der Waals surface area contributed by atoms with Crippen LogP contribution in [-0.4, -0.2) is 56.0 Å². The van der Waals surface area contributed by atoms with Crippen molar-refractivity contribution in [2.24, 2.45) is 5.73 Å². The minimum Gasteiger partial charge on any atom is -0.343 e. The second kappa shape index (κ2) is 8.01. The van der Waals surface area contributed by atoms with Crippen molar-refractivity contribution in [3.63, 3.8) is 0 Å². The van der Waals surface area contributed by atoms with Crippen LogP contribution < -0.4 is 5.73 Å². The Morgan fingerprint density at radius 1 is 1.23 bits per heavy atom. The van der Waals surface area contributed by atoms with Gasteiger partial charge >= 0.3 is 0 Å². The first-order valence-electron chi connectivity index (χ1n) is 4.86. The number of nitrogens with two attached hydrogens (primary N) is 1. The minimum atomic E-state index is 0.906. The number of rotatable bonds is 3. The Morgan fingerprint density at radius 3 is 2.15 bits per heavy atom. The lowest BCUT2D eigenvalue weighted by Crippen LogP contribution is -2.45. The van der Waals surface area contributed by atoms with Crippen LogP contribution in [0.1, 0.15) is 13.3 Å². The van der Waals surface area contributed by atoms with E-state index in [4.69, 9.17) is 0 Å². The predicted octanol–water partition coefficient (Wildman–Crippen LogP) is -0.255. The number of carbonyl (C=O) groups is 1. The van der Waals surface area contributed by atoms with E-state index in [1.54, 1.807) is 0 Å². The first-order valence-corrected chi connectivity index (χ1v) is 4.86. The van der Waals surface area contributed by atoms with Gasteiger partial charge in [-0.2, -0.15) is 0 Å². The molecule has 4 heteroatoms. The highest BCUT2D eigenvalue weighted by molar-refractivity contribution is 5.47. The molecule has 1 rings (SSSR count). The molecular weight excluding hydrogens is 166 g/mol. The van der Waals surface area contributed by atoms with Gasteiger partial charge in [0.25, 0.3) is 0 Å². The zero-order valence-electron chi connectivity index (χ0n) is 8.70. The van der Waals surface area contributed by atoms with Crippen molar-refractivity contribution in [3.05, 3.63) is 0 Å². The highest BCUT2D eigenvalue weighted by atomic mass is 16.1. The summed E-state index contributed by atoms with van der Waals surface area (Å²) in [6, 6.07) is 0. The topological polar surface area (TPSA) is 49.6 Å². The molecule has 1 fully saturated rings. The van der Waals surface area contributed by atoms with Crippen LogP contribution in [0.25, 0.3) is 0 Å². The SMILES string of the molecule is CCCN1CCN(C=O)CC1.CN. The Labute approximate surface area is 80.7 Å². The first kappa shape index (κ1) is 12.4. The second-order valence-corrected chi connectivity index (χ2v) is 2.98. The largest absolute Gasteiger partial charge is 0.343 e.